The summed E-state index contributed by atoms with van der Waals surface area (Å²) in [4.78, 5) is 12.5. The molecule has 2 heterocycles. The average molecular weight is 336 g/mol. The number of aromatic nitrogens is 3. The van der Waals surface area contributed by atoms with Gasteiger partial charge in [-0.1, -0.05) is 12.1 Å². The van der Waals surface area contributed by atoms with Crippen molar-refractivity contribution in [2.75, 3.05) is 11.5 Å². The van der Waals surface area contributed by atoms with Crippen molar-refractivity contribution in [1.29, 1.82) is 0 Å². The highest BCUT2D eigenvalue weighted by atomic mass is 79.9. The lowest BCUT2D eigenvalue weighted by molar-refractivity contribution is 0.0978. The zero-order chi connectivity index (χ0) is 12.4. The lowest BCUT2D eigenvalue weighted by Crippen LogP contribution is -2.34. The molecule has 0 aliphatic carbocycles. The third-order valence-electron chi connectivity index (χ3n) is 2.73. The summed E-state index contributed by atoms with van der Waals surface area (Å²) in [6.07, 6.45) is 1.02. The van der Waals surface area contributed by atoms with E-state index in [4.69, 9.17) is 0 Å². The van der Waals surface area contributed by atoms with Crippen LogP contribution in [0.15, 0.2) is 4.60 Å². The molecule has 0 saturated carbocycles. The van der Waals surface area contributed by atoms with Crippen LogP contribution >= 0.6 is 39.5 Å². The minimum absolute atomic E-state index is 0.0345. The van der Waals surface area contributed by atoms with E-state index in [1.165, 1.54) is 0 Å². The van der Waals surface area contributed by atoms with Crippen molar-refractivity contribution >= 4 is 45.2 Å². The lowest BCUT2D eigenvalue weighted by atomic mass is 10.1. The second kappa shape index (κ2) is 5.75. The van der Waals surface area contributed by atoms with E-state index in [2.05, 4.69) is 33.2 Å². The van der Waals surface area contributed by atoms with Gasteiger partial charge in [-0.05, 0) is 22.4 Å². The third-order valence-corrected chi connectivity index (χ3v) is 6.51. The molecule has 94 valence electrons. The quantitative estimate of drug-likeness (QED) is 0.793. The minimum Gasteiger partial charge on any atom is -0.291 e. The van der Waals surface area contributed by atoms with Crippen molar-refractivity contribution in [2.45, 2.75) is 23.8 Å². The summed E-state index contributed by atoms with van der Waals surface area (Å²) in [5.41, 5.74) is 0.587. The summed E-state index contributed by atoms with van der Waals surface area (Å²) < 4.78 is 2.11. The van der Waals surface area contributed by atoms with Gasteiger partial charge in [0.05, 0.1) is 5.25 Å². The van der Waals surface area contributed by atoms with Gasteiger partial charge in [0.15, 0.2) is 10.4 Å². The molecule has 2 rings (SSSR count). The van der Waals surface area contributed by atoms with Crippen molar-refractivity contribution in [3.05, 3.63) is 10.3 Å². The summed E-state index contributed by atoms with van der Waals surface area (Å²) in [5.74, 6) is 2.33. The van der Waals surface area contributed by atoms with Crippen LogP contribution in [0, 0.1) is 0 Å². The SMILES string of the molecule is CCC1SCCSC1C(=O)c1c(Br)nnn1C. The average Bonchev–Trinajstić information content (AvgIpc) is 2.68. The molecule has 2 unspecified atom stereocenters. The Labute approximate surface area is 117 Å². The maximum absolute atomic E-state index is 12.5. The van der Waals surface area contributed by atoms with Crippen LogP contribution < -0.4 is 0 Å². The molecule has 2 atom stereocenters. The summed E-state index contributed by atoms with van der Waals surface area (Å²) in [7, 11) is 1.76. The van der Waals surface area contributed by atoms with Gasteiger partial charge in [-0.3, -0.25) is 4.79 Å². The molecule has 1 aliphatic heterocycles. The predicted molar refractivity (Wildman–Crippen MR) is 75.8 cm³/mol. The Kier molecular flexibility index (Phi) is 4.54. The van der Waals surface area contributed by atoms with Crippen LogP contribution in [0.3, 0.4) is 0 Å². The van der Waals surface area contributed by atoms with Crippen molar-refractivity contribution in [1.82, 2.24) is 15.0 Å². The molecule has 1 aromatic rings. The fourth-order valence-corrected chi connectivity index (χ4v) is 5.40. The van der Waals surface area contributed by atoms with E-state index in [9.17, 15) is 4.79 Å². The number of aryl methyl sites for hydroxylation is 1. The standard InChI is InChI=1S/C10H14BrN3OS2/c1-3-6-9(17-5-4-16-6)8(15)7-10(11)12-13-14(7)2/h6,9H,3-5H2,1-2H3. The van der Waals surface area contributed by atoms with Gasteiger partial charge >= 0.3 is 0 Å². The number of nitrogens with zero attached hydrogens (tertiary/aromatic N) is 3. The van der Waals surface area contributed by atoms with Gasteiger partial charge in [-0.25, -0.2) is 4.68 Å². The van der Waals surface area contributed by atoms with Crippen LogP contribution in [0.5, 0.6) is 0 Å². The number of halogens is 1. The number of hydrogen-bond donors (Lipinski definition) is 0. The summed E-state index contributed by atoms with van der Waals surface area (Å²) in [6.45, 7) is 2.14. The Morgan fingerprint density at radius 3 is 2.82 bits per heavy atom. The maximum atomic E-state index is 12.5. The zero-order valence-corrected chi connectivity index (χ0v) is 12.9. The van der Waals surface area contributed by atoms with Crippen LogP contribution in [0.1, 0.15) is 23.8 Å². The highest BCUT2D eigenvalue weighted by Gasteiger charge is 2.34. The summed E-state index contributed by atoms with van der Waals surface area (Å²) >= 11 is 6.96. The molecule has 1 fully saturated rings. The van der Waals surface area contributed by atoms with E-state index < -0.39 is 0 Å². The highest BCUT2D eigenvalue weighted by Crippen LogP contribution is 2.35. The molecule has 7 heteroatoms. The highest BCUT2D eigenvalue weighted by molar-refractivity contribution is 9.10. The molecule has 4 nitrogen and oxygen atoms in total. The van der Waals surface area contributed by atoms with E-state index in [-0.39, 0.29) is 11.0 Å². The van der Waals surface area contributed by atoms with Gasteiger partial charge < -0.3 is 0 Å². The van der Waals surface area contributed by atoms with Crippen molar-refractivity contribution in [3.63, 3.8) is 0 Å². The monoisotopic (exact) mass is 335 g/mol. The van der Waals surface area contributed by atoms with Crippen LogP contribution in [-0.2, 0) is 7.05 Å². The molecule has 1 aromatic heterocycles. The summed E-state index contributed by atoms with van der Waals surface area (Å²) in [5, 5.41) is 8.18. The van der Waals surface area contributed by atoms with Gasteiger partial charge in [0.1, 0.15) is 5.69 Å². The molecule has 0 amide bonds. The molecule has 0 spiro atoms. The summed E-state index contributed by atoms with van der Waals surface area (Å²) in [6, 6.07) is 0. The molecule has 0 aromatic carbocycles. The molecule has 1 saturated heterocycles. The first kappa shape index (κ1) is 13.4. The van der Waals surface area contributed by atoms with Crippen LogP contribution in [-0.4, -0.2) is 42.8 Å². The van der Waals surface area contributed by atoms with Gasteiger partial charge in [0.25, 0.3) is 0 Å². The molecule has 0 N–H and O–H groups in total. The second-order valence-electron chi connectivity index (χ2n) is 3.83. The van der Waals surface area contributed by atoms with E-state index in [1.54, 1.807) is 23.5 Å². The third kappa shape index (κ3) is 2.71. The van der Waals surface area contributed by atoms with Gasteiger partial charge in [0.2, 0.25) is 0 Å². The predicted octanol–water partition coefficient (Wildman–Crippen LogP) is 2.39. The Morgan fingerprint density at radius 2 is 2.24 bits per heavy atom. The number of hydrogen-bond acceptors (Lipinski definition) is 5. The first-order chi connectivity index (χ1) is 8.15. The fraction of sp³-hybridized carbons (Fsp3) is 0.700. The number of rotatable bonds is 3. The van der Waals surface area contributed by atoms with Crippen LogP contribution in [0.2, 0.25) is 0 Å². The Hall–Kier alpha value is -0.0100. The Balaban J connectivity index is 2.24. The molecular formula is C10H14BrN3OS2. The van der Waals surface area contributed by atoms with Gasteiger partial charge in [0, 0.05) is 23.8 Å². The van der Waals surface area contributed by atoms with Crippen LogP contribution in [0.25, 0.3) is 0 Å². The van der Waals surface area contributed by atoms with Gasteiger partial charge in [-0.2, -0.15) is 11.8 Å². The largest absolute Gasteiger partial charge is 0.291 e. The number of Topliss-reactive ketones (excluding diaryl/α,β-unsaturated/α-hetero) is 1. The molecular weight excluding hydrogens is 322 g/mol. The van der Waals surface area contributed by atoms with Crippen LogP contribution in [0.4, 0.5) is 0 Å². The fourth-order valence-electron chi connectivity index (χ4n) is 1.87. The van der Waals surface area contributed by atoms with E-state index in [1.807, 2.05) is 11.8 Å². The van der Waals surface area contributed by atoms with Crippen molar-refractivity contribution in [2.24, 2.45) is 7.05 Å². The Bertz CT molecular complexity index is 404. The first-order valence-electron chi connectivity index (χ1n) is 5.47. The van der Waals surface area contributed by atoms with E-state index in [0.717, 1.165) is 17.9 Å². The maximum Gasteiger partial charge on any atom is 0.197 e. The molecule has 1 aliphatic rings. The lowest BCUT2D eigenvalue weighted by Gasteiger charge is -2.28. The minimum atomic E-state index is 0.0345. The number of carbonyl (C=O) groups excluding carboxylic acids is 1. The smallest absolute Gasteiger partial charge is 0.197 e. The van der Waals surface area contributed by atoms with Gasteiger partial charge in [-0.15, -0.1) is 16.9 Å². The normalized spacial score (nSPS) is 24.9. The van der Waals surface area contributed by atoms with E-state index >= 15 is 0 Å². The van der Waals surface area contributed by atoms with Crippen molar-refractivity contribution < 1.29 is 4.79 Å². The second-order valence-corrected chi connectivity index (χ2v) is 7.17. The number of ketones is 1. The Morgan fingerprint density at radius 1 is 1.53 bits per heavy atom. The number of thioether (sulfide) groups is 2. The first-order valence-corrected chi connectivity index (χ1v) is 8.36. The number of carbonyl (C=O) groups is 1. The van der Waals surface area contributed by atoms with E-state index in [0.29, 0.717) is 15.5 Å². The zero-order valence-electron chi connectivity index (χ0n) is 9.72. The topological polar surface area (TPSA) is 47.8 Å². The molecule has 0 bridgehead atoms. The molecule has 0 radical (unpaired) electrons. The molecule has 17 heavy (non-hydrogen) atoms. The van der Waals surface area contributed by atoms with Crippen molar-refractivity contribution in [3.8, 4) is 0 Å².